The van der Waals surface area contributed by atoms with Gasteiger partial charge in [-0.05, 0) is 47.2 Å². The molecule has 0 saturated carbocycles. The third kappa shape index (κ3) is 2.95. The number of carbonyl (C=O) groups is 1. The molecule has 1 amide bonds. The molecule has 1 aromatic heterocycles. The summed E-state index contributed by atoms with van der Waals surface area (Å²) in [6, 6.07) is 5.76. The molecule has 92 valence electrons. The quantitative estimate of drug-likeness (QED) is 0.809. The molecule has 2 aromatic rings. The summed E-state index contributed by atoms with van der Waals surface area (Å²) in [4.78, 5) is 28.9. The van der Waals surface area contributed by atoms with Gasteiger partial charge in [0.1, 0.15) is 5.69 Å². The Balaban J connectivity index is 2.23. The van der Waals surface area contributed by atoms with Gasteiger partial charge < -0.3 is 10.3 Å². The number of rotatable bonds is 2. The van der Waals surface area contributed by atoms with Crippen LogP contribution in [-0.2, 0) is 0 Å². The zero-order chi connectivity index (χ0) is 13.1. The Hall–Kier alpha value is -1.70. The van der Waals surface area contributed by atoms with Crippen LogP contribution < -0.4 is 10.9 Å². The Morgan fingerprint density at radius 1 is 1.44 bits per heavy atom. The molecule has 2 N–H and O–H groups in total. The van der Waals surface area contributed by atoms with E-state index in [0.717, 1.165) is 21.0 Å². The molecule has 0 bridgehead atoms. The van der Waals surface area contributed by atoms with Gasteiger partial charge >= 0.3 is 0 Å². The lowest BCUT2D eigenvalue weighted by molar-refractivity contribution is 0.102. The van der Waals surface area contributed by atoms with E-state index in [1.165, 1.54) is 6.20 Å². The molecule has 0 radical (unpaired) electrons. The molecular formula is C12H10IN3O2. The number of H-pyrrole nitrogens is 1. The van der Waals surface area contributed by atoms with Crippen LogP contribution in [0.3, 0.4) is 0 Å². The minimum Gasteiger partial charge on any atom is -0.325 e. The monoisotopic (exact) mass is 355 g/mol. The predicted octanol–water partition coefficient (Wildman–Crippen LogP) is 1.94. The maximum Gasteiger partial charge on any atom is 0.275 e. The fraction of sp³-hybridized carbons (Fsp3) is 0.0833. The van der Waals surface area contributed by atoms with Gasteiger partial charge in [0.2, 0.25) is 0 Å². The lowest BCUT2D eigenvalue weighted by Gasteiger charge is -2.08. The lowest BCUT2D eigenvalue weighted by Crippen LogP contribution is -2.17. The zero-order valence-corrected chi connectivity index (χ0v) is 11.7. The van der Waals surface area contributed by atoms with Crippen LogP contribution in [0.5, 0.6) is 0 Å². The highest BCUT2D eigenvalue weighted by atomic mass is 127. The van der Waals surface area contributed by atoms with Crippen molar-refractivity contribution in [1.29, 1.82) is 0 Å². The van der Waals surface area contributed by atoms with E-state index in [4.69, 9.17) is 0 Å². The van der Waals surface area contributed by atoms with Crippen LogP contribution in [0.25, 0.3) is 0 Å². The number of nitrogens with zero attached hydrogens (tertiary/aromatic N) is 1. The van der Waals surface area contributed by atoms with Gasteiger partial charge in [0.15, 0.2) is 0 Å². The fourth-order valence-electron chi connectivity index (χ4n) is 1.38. The van der Waals surface area contributed by atoms with Gasteiger partial charge in [-0.15, -0.1) is 0 Å². The van der Waals surface area contributed by atoms with Crippen molar-refractivity contribution >= 4 is 34.2 Å². The number of aromatic amines is 1. The molecule has 5 nitrogen and oxygen atoms in total. The highest BCUT2D eigenvalue weighted by Crippen LogP contribution is 2.18. The van der Waals surface area contributed by atoms with E-state index in [9.17, 15) is 9.59 Å². The molecule has 0 aliphatic heterocycles. The zero-order valence-electron chi connectivity index (χ0n) is 9.53. The highest BCUT2D eigenvalue weighted by molar-refractivity contribution is 14.1. The third-order valence-corrected chi connectivity index (χ3v) is 3.02. The summed E-state index contributed by atoms with van der Waals surface area (Å²) in [5, 5.41) is 2.76. The second-order valence-electron chi connectivity index (χ2n) is 3.71. The summed E-state index contributed by atoms with van der Waals surface area (Å²) in [7, 11) is 0. The number of carbonyl (C=O) groups excluding carboxylic acids is 1. The molecule has 0 unspecified atom stereocenters. The number of aryl methyl sites for hydroxylation is 1. The lowest BCUT2D eigenvalue weighted by atomic mass is 10.2. The summed E-state index contributed by atoms with van der Waals surface area (Å²) in [6.45, 7) is 1.91. The van der Waals surface area contributed by atoms with Gasteiger partial charge in [0, 0.05) is 15.5 Å². The van der Waals surface area contributed by atoms with E-state index in [-0.39, 0.29) is 17.2 Å². The van der Waals surface area contributed by atoms with Crippen molar-refractivity contribution in [3.8, 4) is 0 Å². The molecule has 0 fully saturated rings. The van der Waals surface area contributed by atoms with Crippen LogP contribution in [0, 0.1) is 10.5 Å². The number of hydrogen-bond acceptors (Lipinski definition) is 3. The van der Waals surface area contributed by atoms with Gasteiger partial charge in [-0.3, -0.25) is 9.59 Å². The molecule has 1 heterocycles. The average molecular weight is 355 g/mol. The predicted molar refractivity (Wildman–Crippen MR) is 76.7 cm³/mol. The van der Waals surface area contributed by atoms with E-state index in [0.29, 0.717) is 0 Å². The Morgan fingerprint density at radius 3 is 2.89 bits per heavy atom. The normalized spacial score (nSPS) is 10.1. The molecule has 0 atom stereocenters. The van der Waals surface area contributed by atoms with Crippen LogP contribution in [0.2, 0.25) is 0 Å². The standard InChI is InChI=1S/C12H10IN3O2/c1-7-2-3-8(13)4-9(7)16-12(18)10-5-15-11(17)6-14-10/h2-6H,1H3,(H,15,17)(H,16,18). The van der Waals surface area contributed by atoms with Gasteiger partial charge in [-0.25, -0.2) is 4.98 Å². The highest BCUT2D eigenvalue weighted by Gasteiger charge is 2.09. The van der Waals surface area contributed by atoms with E-state index in [2.05, 4.69) is 37.9 Å². The molecule has 0 spiro atoms. The first-order chi connectivity index (χ1) is 8.56. The first-order valence-electron chi connectivity index (χ1n) is 5.18. The molecule has 1 aromatic carbocycles. The summed E-state index contributed by atoms with van der Waals surface area (Å²) < 4.78 is 1.03. The van der Waals surface area contributed by atoms with Crippen LogP contribution in [0.1, 0.15) is 16.1 Å². The Kier molecular flexibility index (Phi) is 3.75. The van der Waals surface area contributed by atoms with Crippen molar-refractivity contribution in [3.05, 3.63) is 55.8 Å². The molecule has 0 saturated heterocycles. The number of amides is 1. The van der Waals surface area contributed by atoms with E-state index < -0.39 is 0 Å². The first-order valence-corrected chi connectivity index (χ1v) is 6.26. The van der Waals surface area contributed by atoms with E-state index in [1.54, 1.807) is 0 Å². The van der Waals surface area contributed by atoms with Crippen LogP contribution in [-0.4, -0.2) is 15.9 Å². The van der Waals surface area contributed by atoms with Crippen molar-refractivity contribution in [2.45, 2.75) is 6.92 Å². The van der Waals surface area contributed by atoms with Gasteiger partial charge in [-0.2, -0.15) is 0 Å². The van der Waals surface area contributed by atoms with Crippen LogP contribution in [0.15, 0.2) is 35.4 Å². The molecule has 0 aliphatic carbocycles. The van der Waals surface area contributed by atoms with Gasteiger partial charge in [0.05, 0.1) is 6.20 Å². The summed E-state index contributed by atoms with van der Waals surface area (Å²) in [5.41, 5.74) is 1.54. The minimum atomic E-state index is -0.351. The first kappa shape index (κ1) is 12.7. The van der Waals surface area contributed by atoms with Crippen molar-refractivity contribution < 1.29 is 4.79 Å². The molecule has 18 heavy (non-hydrogen) atoms. The average Bonchev–Trinajstić information content (AvgIpc) is 2.34. The molecule has 2 rings (SSSR count). The second-order valence-corrected chi connectivity index (χ2v) is 4.96. The SMILES string of the molecule is Cc1ccc(I)cc1NC(=O)c1c[nH]c(=O)cn1. The van der Waals surface area contributed by atoms with Gasteiger partial charge in [-0.1, -0.05) is 6.07 Å². The molecule has 6 heteroatoms. The number of benzene rings is 1. The van der Waals surface area contributed by atoms with Crippen molar-refractivity contribution in [1.82, 2.24) is 9.97 Å². The third-order valence-electron chi connectivity index (χ3n) is 2.35. The van der Waals surface area contributed by atoms with Crippen molar-refractivity contribution in [3.63, 3.8) is 0 Å². The minimum absolute atomic E-state index is 0.174. The maximum atomic E-state index is 11.9. The number of hydrogen-bond donors (Lipinski definition) is 2. The van der Waals surface area contributed by atoms with Crippen molar-refractivity contribution in [2.24, 2.45) is 0 Å². The van der Waals surface area contributed by atoms with Crippen LogP contribution >= 0.6 is 22.6 Å². The Bertz CT molecular complexity index is 632. The summed E-state index contributed by atoms with van der Waals surface area (Å²) in [6.07, 6.45) is 2.37. The van der Waals surface area contributed by atoms with Gasteiger partial charge in [0.25, 0.3) is 11.5 Å². The topological polar surface area (TPSA) is 74.8 Å². The number of nitrogens with one attached hydrogen (secondary N) is 2. The number of aromatic nitrogens is 2. The fourth-order valence-corrected chi connectivity index (χ4v) is 1.87. The van der Waals surface area contributed by atoms with Crippen molar-refractivity contribution in [2.75, 3.05) is 5.32 Å². The Morgan fingerprint density at radius 2 is 2.22 bits per heavy atom. The maximum absolute atomic E-state index is 11.9. The second kappa shape index (κ2) is 5.30. The largest absolute Gasteiger partial charge is 0.325 e. The van der Waals surface area contributed by atoms with E-state index in [1.807, 2.05) is 25.1 Å². The van der Waals surface area contributed by atoms with Crippen LogP contribution in [0.4, 0.5) is 5.69 Å². The smallest absolute Gasteiger partial charge is 0.275 e. The number of anilines is 1. The summed E-state index contributed by atoms with van der Waals surface area (Å²) >= 11 is 2.17. The molecule has 0 aliphatic rings. The Labute approximate surface area is 117 Å². The van der Waals surface area contributed by atoms with E-state index >= 15 is 0 Å². The molecular weight excluding hydrogens is 345 g/mol. The summed E-state index contributed by atoms with van der Waals surface area (Å²) in [5.74, 6) is -0.351. The number of halogens is 1.